The van der Waals surface area contributed by atoms with E-state index < -0.39 is 0 Å². The van der Waals surface area contributed by atoms with Crippen LogP contribution in [0.15, 0.2) is 36.4 Å². The van der Waals surface area contributed by atoms with Crippen molar-refractivity contribution in [3.05, 3.63) is 64.2 Å². The molecule has 0 bridgehead atoms. The Kier molecular flexibility index (Phi) is 3.01. The van der Waals surface area contributed by atoms with Gasteiger partial charge in [0.2, 0.25) is 0 Å². The fourth-order valence-corrected chi connectivity index (χ4v) is 2.70. The Morgan fingerprint density at radius 2 is 1.43 bits per heavy atom. The normalized spacial score (nSPS) is 13.7. The number of phenolic OH excluding ortho intramolecular Hbond substituents is 1. The third-order valence-corrected chi connectivity index (χ3v) is 3.77. The highest BCUT2D eigenvalue weighted by Crippen LogP contribution is 2.27. The molecule has 0 radical (unpaired) electrons. The van der Waals surface area contributed by atoms with Crippen LogP contribution in [0.4, 0.5) is 0 Å². The van der Waals surface area contributed by atoms with Crippen LogP contribution in [-0.2, 0) is 6.54 Å². The lowest BCUT2D eigenvalue weighted by Crippen LogP contribution is -2.29. The van der Waals surface area contributed by atoms with Crippen molar-refractivity contribution >= 4 is 11.8 Å². The average molecular weight is 281 g/mol. The zero-order valence-corrected chi connectivity index (χ0v) is 11.9. The molecule has 21 heavy (non-hydrogen) atoms. The summed E-state index contributed by atoms with van der Waals surface area (Å²) < 4.78 is 0. The van der Waals surface area contributed by atoms with E-state index in [-0.39, 0.29) is 24.1 Å². The van der Waals surface area contributed by atoms with Crippen LogP contribution in [0.5, 0.6) is 5.75 Å². The summed E-state index contributed by atoms with van der Waals surface area (Å²) in [5.41, 5.74) is 3.21. The number of rotatable bonds is 2. The molecular weight excluding hydrogens is 266 g/mol. The summed E-state index contributed by atoms with van der Waals surface area (Å²) >= 11 is 0. The van der Waals surface area contributed by atoms with Gasteiger partial charge in [-0.25, -0.2) is 0 Å². The fourth-order valence-electron chi connectivity index (χ4n) is 2.70. The standard InChI is InChI=1S/C17H15NO3/c1-10-7-12(8-11(2)15(10)19)9-18-16(20)13-5-3-4-6-14(13)17(18)21/h3-8,19H,9H2,1-2H3. The van der Waals surface area contributed by atoms with Crippen molar-refractivity contribution in [3.8, 4) is 5.75 Å². The van der Waals surface area contributed by atoms with Gasteiger partial charge in [0.25, 0.3) is 11.8 Å². The van der Waals surface area contributed by atoms with Crippen molar-refractivity contribution in [1.82, 2.24) is 4.90 Å². The van der Waals surface area contributed by atoms with Crippen molar-refractivity contribution in [2.75, 3.05) is 0 Å². The third-order valence-electron chi connectivity index (χ3n) is 3.77. The molecule has 0 atom stereocenters. The molecule has 0 unspecified atom stereocenters. The first-order valence-electron chi connectivity index (χ1n) is 6.73. The minimum Gasteiger partial charge on any atom is -0.507 e. The molecule has 2 amide bonds. The summed E-state index contributed by atoms with van der Waals surface area (Å²) in [5.74, 6) is -0.279. The summed E-state index contributed by atoms with van der Waals surface area (Å²) in [4.78, 5) is 25.9. The van der Waals surface area contributed by atoms with E-state index in [4.69, 9.17) is 0 Å². The lowest BCUT2D eigenvalue weighted by molar-refractivity contribution is 0.0642. The number of carbonyl (C=O) groups excluding carboxylic acids is 2. The van der Waals surface area contributed by atoms with E-state index in [0.717, 1.165) is 16.7 Å². The SMILES string of the molecule is Cc1cc(CN2C(=O)c3ccccc3C2=O)cc(C)c1O. The van der Waals surface area contributed by atoms with Crippen molar-refractivity contribution in [2.45, 2.75) is 20.4 Å². The minimum absolute atomic E-state index is 0.217. The predicted octanol–water partition coefficient (Wildman–Crippen LogP) is 2.81. The Morgan fingerprint density at radius 3 is 1.90 bits per heavy atom. The molecule has 3 rings (SSSR count). The summed E-state index contributed by atoms with van der Waals surface area (Å²) in [5, 5.41) is 9.79. The van der Waals surface area contributed by atoms with Crippen LogP contribution >= 0.6 is 0 Å². The van der Waals surface area contributed by atoms with Gasteiger partial charge < -0.3 is 5.11 Å². The van der Waals surface area contributed by atoms with E-state index in [1.54, 1.807) is 50.2 Å². The molecule has 1 aliphatic heterocycles. The number of benzene rings is 2. The molecule has 1 aliphatic rings. The molecule has 0 fully saturated rings. The van der Waals surface area contributed by atoms with E-state index in [0.29, 0.717) is 11.1 Å². The Morgan fingerprint density at radius 1 is 0.952 bits per heavy atom. The first-order valence-corrected chi connectivity index (χ1v) is 6.73. The number of fused-ring (bicyclic) bond motifs is 1. The van der Waals surface area contributed by atoms with Crippen molar-refractivity contribution < 1.29 is 14.7 Å². The first kappa shape index (κ1) is 13.4. The number of amides is 2. The van der Waals surface area contributed by atoms with Crippen LogP contribution in [-0.4, -0.2) is 21.8 Å². The number of aryl methyl sites for hydroxylation is 2. The number of phenols is 1. The molecule has 1 N–H and O–H groups in total. The van der Waals surface area contributed by atoms with E-state index in [1.165, 1.54) is 4.90 Å². The number of hydrogen-bond acceptors (Lipinski definition) is 3. The van der Waals surface area contributed by atoms with Gasteiger partial charge >= 0.3 is 0 Å². The van der Waals surface area contributed by atoms with E-state index in [2.05, 4.69) is 0 Å². The van der Waals surface area contributed by atoms with Gasteiger partial charge in [0.05, 0.1) is 17.7 Å². The predicted molar refractivity (Wildman–Crippen MR) is 78.2 cm³/mol. The number of carbonyl (C=O) groups is 2. The van der Waals surface area contributed by atoms with Crippen LogP contribution in [0.25, 0.3) is 0 Å². The van der Waals surface area contributed by atoms with Gasteiger partial charge in [-0.1, -0.05) is 24.3 Å². The molecule has 0 spiro atoms. The van der Waals surface area contributed by atoms with Gasteiger partial charge in [-0.3, -0.25) is 14.5 Å². The van der Waals surface area contributed by atoms with E-state index >= 15 is 0 Å². The van der Waals surface area contributed by atoms with Gasteiger partial charge in [-0.15, -0.1) is 0 Å². The number of aromatic hydroxyl groups is 1. The van der Waals surface area contributed by atoms with Crippen molar-refractivity contribution in [2.24, 2.45) is 0 Å². The highest BCUT2D eigenvalue weighted by Gasteiger charge is 2.34. The quantitative estimate of drug-likeness (QED) is 0.861. The van der Waals surface area contributed by atoms with E-state index in [9.17, 15) is 14.7 Å². The molecule has 1 heterocycles. The largest absolute Gasteiger partial charge is 0.507 e. The molecule has 0 saturated carbocycles. The molecule has 4 nitrogen and oxygen atoms in total. The molecule has 0 aliphatic carbocycles. The van der Waals surface area contributed by atoms with Crippen LogP contribution < -0.4 is 0 Å². The number of nitrogens with zero attached hydrogens (tertiary/aromatic N) is 1. The Bertz CT molecular complexity index is 706. The van der Waals surface area contributed by atoms with Crippen molar-refractivity contribution in [3.63, 3.8) is 0 Å². The van der Waals surface area contributed by atoms with Gasteiger partial charge in [0.15, 0.2) is 0 Å². The molecule has 4 heteroatoms. The molecule has 0 aromatic heterocycles. The topological polar surface area (TPSA) is 57.6 Å². The van der Waals surface area contributed by atoms with Crippen LogP contribution in [0.2, 0.25) is 0 Å². The van der Waals surface area contributed by atoms with Crippen molar-refractivity contribution in [1.29, 1.82) is 0 Å². The van der Waals surface area contributed by atoms with Gasteiger partial charge in [-0.2, -0.15) is 0 Å². The molecular formula is C17H15NO3. The summed E-state index contributed by atoms with van der Waals surface area (Å²) in [6.45, 7) is 3.82. The molecule has 2 aromatic rings. The van der Waals surface area contributed by atoms with Gasteiger partial charge in [-0.05, 0) is 42.7 Å². The summed E-state index contributed by atoms with van der Waals surface area (Å²) in [6.07, 6.45) is 0. The maximum Gasteiger partial charge on any atom is 0.261 e. The van der Waals surface area contributed by atoms with Crippen LogP contribution in [0, 0.1) is 13.8 Å². The lowest BCUT2D eigenvalue weighted by atomic mass is 10.1. The fraction of sp³-hybridized carbons (Fsp3) is 0.176. The third kappa shape index (κ3) is 2.09. The minimum atomic E-state index is -0.265. The zero-order valence-electron chi connectivity index (χ0n) is 11.9. The highest BCUT2D eigenvalue weighted by atomic mass is 16.3. The van der Waals surface area contributed by atoms with Crippen LogP contribution in [0.1, 0.15) is 37.4 Å². The maximum absolute atomic E-state index is 12.3. The van der Waals surface area contributed by atoms with E-state index in [1.807, 2.05) is 0 Å². The summed E-state index contributed by atoms with van der Waals surface area (Å²) in [7, 11) is 0. The zero-order chi connectivity index (χ0) is 15.1. The first-order chi connectivity index (χ1) is 9.99. The monoisotopic (exact) mass is 281 g/mol. The lowest BCUT2D eigenvalue weighted by Gasteiger charge is -2.15. The number of hydrogen-bond donors (Lipinski definition) is 1. The smallest absolute Gasteiger partial charge is 0.261 e. The second-order valence-corrected chi connectivity index (χ2v) is 5.32. The highest BCUT2D eigenvalue weighted by molar-refractivity contribution is 6.21. The second-order valence-electron chi connectivity index (χ2n) is 5.32. The summed E-state index contributed by atoms with van der Waals surface area (Å²) in [6, 6.07) is 10.4. The Balaban J connectivity index is 1.94. The van der Waals surface area contributed by atoms with Gasteiger partial charge in [0, 0.05) is 0 Å². The Hall–Kier alpha value is -2.62. The molecule has 2 aromatic carbocycles. The maximum atomic E-state index is 12.3. The average Bonchev–Trinajstić information content (AvgIpc) is 2.70. The van der Waals surface area contributed by atoms with Gasteiger partial charge in [0.1, 0.15) is 5.75 Å². The molecule has 106 valence electrons. The van der Waals surface area contributed by atoms with Crippen LogP contribution in [0.3, 0.4) is 0 Å². The Labute approximate surface area is 122 Å². The molecule has 0 saturated heterocycles. The number of imide groups is 1. The second kappa shape index (κ2) is 4.74.